The summed E-state index contributed by atoms with van der Waals surface area (Å²) in [5.41, 5.74) is 1.81. The van der Waals surface area contributed by atoms with Crippen molar-refractivity contribution in [1.82, 2.24) is 0 Å². The van der Waals surface area contributed by atoms with Crippen LogP contribution < -0.4 is 4.74 Å². The zero-order valence-electron chi connectivity index (χ0n) is 11.9. The first-order valence-corrected chi connectivity index (χ1v) is 6.74. The standard InChI is InChI=1S/C15H24O4/c1-3-4-7-18-8-9-19-12-14-10-13(11-16)5-6-15(14)17-2/h5-6,10,16H,3-4,7-9,11-12H2,1-2H3. The first kappa shape index (κ1) is 16.0. The summed E-state index contributed by atoms with van der Waals surface area (Å²) in [4.78, 5) is 0. The molecule has 0 aliphatic heterocycles. The Morgan fingerprint density at radius 2 is 1.89 bits per heavy atom. The lowest BCUT2D eigenvalue weighted by Crippen LogP contribution is -2.06. The van der Waals surface area contributed by atoms with Gasteiger partial charge in [-0.15, -0.1) is 0 Å². The van der Waals surface area contributed by atoms with Crippen LogP contribution in [0.15, 0.2) is 18.2 Å². The highest BCUT2D eigenvalue weighted by Gasteiger charge is 2.04. The Hall–Kier alpha value is -1.10. The third-order valence-corrected chi connectivity index (χ3v) is 2.80. The van der Waals surface area contributed by atoms with Crippen molar-refractivity contribution < 1.29 is 19.3 Å². The Labute approximate surface area is 115 Å². The van der Waals surface area contributed by atoms with E-state index < -0.39 is 0 Å². The lowest BCUT2D eigenvalue weighted by molar-refractivity contribution is 0.0390. The molecule has 0 saturated carbocycles. The van der Waals surface area contributed by atoms with Crippen LogP contribution in [-0.2, 0) is 22.7 Å². The quantitative estimate of drug-likeness (QED) is 0.662. The molecule has 0 aliphatic rings. The molecule has 0 aliphatic carbocycles. The molecule has 0 amide bonds. The highest BCUT2D eigenvalue weighted by Crippen LogP contribution is 2.20. The van der Waals surface area contributed by atoms with Crippen LogP contribution in [0.4, 0.5) is 0 Å². The summed E-state index contributed by atoms with van der Waals surface area (Å²) < 4.78 is 16.2. The highest BCUT2D eigenvalue weighted by atomic mass is 16.5. The Morgan fingerprint density at radius 1 is 1.11 bits per heavy atom. The fourth-order valence-electron chi connectivity index (χ4n) is 1.69. The number of aliphatic hydroxyl groups excluding tert-OH is 1. The molecule has 0 radical (unpaired) electrons. The maximum absolute atomic E-state index is 9.12. The number of benzene rings is 1. The van der Waals surface area contributed by atoms with E-state index in [0.717, 1.165) is 36.3 Å². The van der Waals surface area contributed by atoms with Crippen molar-refractivity contribution in [3.8, 4) is 5.75 Å². The van der Waals surface area contributed by atoms with Crippen LogP contribution >= 0.6 is 0 Å². The number of ether oxygens (including phenoxy) is 3. The molecule has 0 fully saturated rings. The minimum atomic E-state index is 0.0249. The topological polar surface area (TPSA) is 47.9 Å². The van der Waals surface area contributed by atoms with E-state index in [2.05, 4.69) is 6.92 Å². The van der Waals surface area contributed by atoms with E-state index >= 15 is 0 Å². The molecular formula is C15H24O4. The molecule has 0 heterocycles. The number of aliphatic hydroxyl groups is 1. The minimum Gasteiger partial charge on any atom is -0.496 e. The second-order valence-electron chi connectivity index (χ2n) is 4.32. The van der Waals surface area contributed by atoms with Gasteiger partial charge in [-0.3, -0.25) is 0 Å². The molecule has 4 nitrogen and oxygen atoms in total. The van der Waals surface area contributed by atoms with Crippen LogP contribution in [0.1, 0.15) is 30.9 Å². The summed E-state index contributed by atoms with van der Waals surface area (Å²) in [6.45, 7) is 4.60. The lowest BCUT2D eigenvalue weighted by atomic mass is 10.1. The Bertz CT molecular complexity index is 352. The molecule has 108 valence electrons. The summed E-state index contributed by atoms with van der Waals surface area (Å²) in [5.74, 6) is 0.782. The van der Waals surface area contributed by atoms with Crippen LogP contribution in [-0.4, -0.2) is 32.0 Å². The van der Waals surface area contributed by atoms with Crippen LogP contribution in [0.5, 0.6) is 5.75 Å². The molecule has 0 bridgehead atoms. The smallest absolute Gasteiger partial charge is 0.124 e. The zero-order valence-corrected chi connectivity index (χ0v) is 11.9. The van der Waals surface area contributed by atoms with Crippen LogP contribution in [0.3, 0.4) is 0 Å². The lowest BCUT2D eigenvalue weighted by Gasteiger charge is -2.11. The maximum atomic E-state index is 9.12. The van der Waals surface area contributed by atoms with E-state index in [-0.39, 0.29) is 6.61 Å². The van der Waals surface area contributed by atoms with Crippen molar-refractivity contribution >= 4 is 0 Å². The van der Waals surface area contributed by atoms with E-state index in [0.29, 0.717) is 19.8 Å². The van der Waals surface area contributed by atoms with Gasteiger partial charge < -0.3 is 19.3 Å². The van der Waals surface area contributed by atoms with Crippen LogP contribution in [0.25, 0.3) is 0 Å². The fraction of sp³-hybridized carbons (Fsp3) is 0.600. The summed E-state index contributed by atoms with van der Waals surface area (Å²) in [6.07, 6.45) is 2.23. The van der Waals surface area contributed by atoms with Gasteiger partial charge in [0.15, 0.2) is 0 Å². The molecule has 0 unspecified atom stereocenters. The average Bonchev–Trinajstić information content (AvgIpc) is 2.46. The van der Waals surface area contributed by atoms with Crippen molar-refractivity contribution in [2.45, 2.75) is 33.0 Å². The van der Waals surface area contributed by atoms with Gasteiger partial charge in [0.05, 0.1) is 33.5 Å². The molecule has 0 spiro atoms. The van der Waals surface area contributed by atoms with E-state index in [1.807, 2.05) is 18.2 Å². The average molecular weight is 268 g/mol. The van der Waals surface area contributed by atoms with Crippen LogP contribution in [0, 0.1) is 0 Å². The molecule has 4 heteroatoms. The van der Waals surface area contributed by atoms with E-state index in [9.17, 15) is 0 Å². The van der Waals surface area contributed by atoms with Gasteiger partial charge in [-0.2, -0.15) is 0 Å². The molecule has 19 heavy (non-hydrogen) atoms. The van der Waals surface area contributed by atoms with Crippen molar-refractivity contribution in [1.29, 1.82) is 0 Å². The number of methoxy groups -OCH3 is 1. The van der Waals surface area contributed by atoms with Crippen LogP contribution in [0.2, 0.25) is 0 Å². The van der Waals surface area contributed by atoms with Crippen molar-refractivity contribution in [2.24, 2.45) is 0 Å². The third kappa shape index (κ3) is 6.05. The number of hydrogen-bond donors (Lipinski definition) is 1. The third-order valence-electron chi connectivity index (χ3n) is 2.80. The number of hydrogen-bond acceptors (Lipinski definition) is 4. The summed E-state index contributed by atoms with van der Waals surface area (Å²) in [7, 11) is 1.63. The molecule has 1 rings (SSSR count). The largest absolute Gasteiger partial charge is 0.496 e. The maximum Gasteiger partial charge on any atom is 0.124 e. The Balaban J connectivity index is 2.31. The number of rotatable bonds is 10. The van der Waals surface area contributed by atoms with E-state index in [4.69, 9.17) is 19.3 Å². The molecule has 1 aromatic rings. The Kier molecular flexibility index (Phi) is 8.21. The first-order chi connectivity index (χ1) is 9.31. The highest BCUT2D eigenvalue weighted by molar-refractivity contribution is 5.36. The molecule has 0 aromatic heterocycles. The fourth-order valence-corrected chi connectivity index (χ4v) is 1.69. The Morgan fingerprint density at radius 3 is 2.58 bits per heavy atom. The normalized spacial score (nSPS) is 10.7. The molecule has 1 N–H and O–H groups in total. The van der Waals surface area contributed by atoms with E-state index in [1.165, 1.54) is 0 Å². The van der Waals surface area contributed by atoms with Crippen molar-refractivity contribution in [2.75, 3.05) is 26.9 Å². The summed E-state index contributed by atoms with van der Waals surface area (Å²) >= 11 is 0. The predicted molar refractivity (Wildman–Crippen MR) is 74.3 cm³/mol. The zero-order chi connectivity index (χ0) is 13.9. The predicted octanol–water partition coefficient (Wildman–Crippen LogP) is 2.52. The van der Waals surface area contributed by atoms with Gasteiger partial charge in [0.1, 0.15) is 5.75 Å². The molecular weight excluding hydrogens is 244 g/mol. The minimum absolute atomic E-state index is 0.0249. The van der Waals surface area contributed by atoms with Gasteiger partial charge in [0, 0.05) is 12.2 Å². The van der Waals surface area contributed by atoms with Gasteiger partial charge >= 0.3 is 0 Å². The first-order valence-electron chi connectivity index (χ1n) is 6.74. The van der Waals surface area contributed by atoms with Gasteiger partial charge in [-0.25, -0.2) is 0 Å². The second-order valence-corrected chi connectivity index (χ2v) is 4.32. The molecule has 0 atom stereocenters. The molecule has 0 saturated heterocycles. The van der Waals surface area contributed by atoms with Crippen molar-refractivity contribution in [3.63, 3.8) is 0 Å². The second kappa shape index (κ2) is 9.78. The number of unbranched alkanes of at least 4 members (excludes halogenated alkanes) is 1. The van der Waals surface area contributed by atoms with Crippen molar-refractivity contribution in [3.05, 3.63) is 29.3 Å². The van der Waals surface area contributed by atoms with Gasteiger partial charge in [-0.1, -0.05) is 19.4 Å². The SMILES string of the molecule is CCCCOCCOCc1cc(CO)ccc1OC. The monoisotopic (exact) mass is 268 g/mol. The van der Waals surface area contributed by atoms with Gasteiger partial charge in [0.2, 0.25) is 0 Å². The molecule has 1 aromatic carbocycles. The summed E-state index contributed by atoms with van der Waals surface area (Å²) in [6, 6.07) is 5.59. The van der Waals surface area contributed by atoms with Gasteiger partial charge in [-0.05, 0) is 24.1 Å². The van der Waals surface area contributed by atoms with E-state index in [1.54, 1.807) is 7.11 Å². The summed E-state index contributed by atoms with van der Waals surface area (Å²) in [5, 5.41) is 9.12. The van der Waals surface area contributed by atoms with Gasteiger partial charge in [0.25, 0.3) is 0 Å².